The normalized spacial score (nSPS) is 18.5. The lowest BCUT2D eigenvalue weighted by atomic mass is 9.68. The molecule has 0 unspecified atom stereocenters. The Bertz CT molecular complexity index is 1360. The van der Waals surface area contributed by atoms with Crippen LogP contribution in [0.2, 0.25) is 10.4 Å². The van der Waals surface area contributed by atoms with Crippen molar-refractivity contribution in [2.75, 3.05) is 11.9 Å². The van der Waals surface area contributed by atoms with Gasteiger partial charge in [-0.05, 0) is 36.7 Å². The van der Waals surface area contributed by atoms with Gasteiger partial charge in [-0.25, -0.2) is 9.78 Å². The van der Waals surface area contributed by atoms with Crippen LogP contribution in [-0.2, 0) is 19.7 Å². The Morgan fingerprint density at radius 3 is 2.67 bits per heavy atom. The van der Waals surface area contributed by atoms with Crippen molar-refractivity contribution in [3.05, 3.63) is 85.7 Å². The first-order valence-electron chi connectivity index (χ1n) is 9.88. The highest BCUT2D eigenvalue weighted by atomic mass is 79.9. The molecule has 0 fully saturated rings. The van der Waals surface area contributed by atoms with Crippen molar-refractivity contribution in [3.63, 3.8) is 0 Å². The van der Waals surface area contributed by atoms with Gasteiger partial charge in [-0.2, -0.15) is 4.98 Å². The van der Waals surface area contributed by atoms with Crippen molar-refractivity contribution in [3.8, 4) is 5.88 Å². The highest BCUT2D eigenvalue weighted by Gasteiger charge is 2.60. The van der Waals surface area contributed by atoms with Gasteiger partial charge in [-0.15, -0.1) is 0 Å². The molecule has 0 aliphatic carbocycles. The minimum atomic E-state index is -1.73. The summed E-state index contributed by atoms with van der Waals surface area (Å²) in [6.45, 7) is 1.77. The lowest BCUT2D eigenvalue weighted by Gasteiger charge is -2.36. The standard InChI is InChI=1S/C23H14BrCl2N3O4/c1-2-32-20(30)15-17(11-6-4-3-5-7-11)33-19-16(18(25)28-22(26)29-19)23(15)13-10-12(24)8-9-14(13)27-21(23)31/h3-10H,2H2,1H3,(H,27,31)/t23-/m0/s1. The average molecular weight is 547 g/mol. The summed E-state index contributed by atoms with van der Waals surface area (Å²) in [4.78, 5) is 35.6. The van der Waals surface area contributed by atoms with Gasteiger partial charge in [0.15, 0.2) is 0 Å². The number of anilines is 1. The second-order valence-electron chi connectivity index (χ2n) is 7.25. The molecule has 0 saturated heterocycles. The molecule has 10 heteroatoms. The van der Waals surface area contributed by atoms with E-state index in [-0.39, 0.29) is 39.8 Å². The Morgan fingerprint density at radius 2 is 1.94 bits per heavy atom. The zero-order valence-electron chi connectivity index (χ0n) is 17.0. The van der Waals surface area contributed by atoms with Crippen LogP contribution in [0.4, 0.5) is 5.69 Å². The van der Waals surface area contributed by atoms with E-state index in [1.165, 1.54) is 0 Å². The van der Waals surface area contributed by atoms with Gasteiger partial charge < -0.3 is 14.8 Å². The third kappa shape index (κ3) is 3.24. The number of esters is 1. The molecule has 166 valence electrons. The second kappa shape index (κ2) is 8.13. The maximum absolute atomic E-state index is 13.8. The highest BCUT2D eigenvalue weighted by Crippen LogP contribution is 2.57. The highest BCUT2D eigenvalue weighted by molar-refractivity contribution is 9.10. The lowest BCUT2D eigenvalue weighted by Crippen LogP contribution is -2.45. The molecule has 2 aliphatic heterocycles. The van der Waals surface area contributed by atoms with Crippen molar-refractivity contribution >= 4 is 62.5 Å². The van der Waals surface area contributed by atoms with Crippen LogP contribution >= 0.6 is 39.1 Å². The minimum absolute atomic E-state index is 0.0186. The van der Waals surface area contributed by atoms with Gasteiger partial charge in [0.1, 0.15) is 21.9 Å². The molecule has 33 heavy (non-hydrogen) atoms. The Morgan fingerprint density at radius 1 is 1.18 bits per heavy atom. The number of rotatable bonds is 3. The van der Waals surface area contributed by atoms with Gasteiger partial charge >= 0.3 is 5.97 Å². The van der Waals surface area contributed by atoms with E-state index in [2.05, 4.69) is 31.2 Å². The van der Waals surface area contributed by atoms with Crippen LogP contribution in [0.3, 0.4) is 0 Å². The molecule has 1 spiro atoms. The van der Waals surface area contributed by atoms with Gasteiger partial charge in [-0.1, -0.05) is 57.9 Å². The summed E-state index contributed by atoms with van der Waals surface area (Å²) in [6.07, 6.45) is 0. The molecule has 2 aliphatic rings. The molecule has 0 saturated carbocycles. The number of halogens is 3. The van der Waals surface area contributed by atoms with Crippen molar-refractivity contribution in [2.45, 2.75) is 12.3 Å². The van der Waals surface area contributed by atoms with E-state index in [0.717, 1.165) is 0 Å². The van der Waals surface area contributed by atoms with Crippen LogP contribution in [0.15, 0.2) is 58.6 Å². The molecular formula is C23H14BrCl2N3O4. The molecule has 0 bridgehead atoms. The SMILES string of the molecule is CCOC(=O)C1=C(c2ccccc2)Oc2nc(Cl)nc(Cl)c2[C@@]12C(=O)Nc1ccc(Br)cc12. The topological polar surface area (TPSA) is 90.4 Å². The van der Waals surface area contributed by atoms with Crippen LogP contribution in [-0.4, -0.2) is 28.5 Å². The predicted octanol–water partition coefficient (Wildman–Crippen LogP) is 5.15. The van der Waals surface area contributed by atoms with Crippen LogP contribution in [0.1, 0.15) is 23.6 Å². The van der Waals surface area contributed by atoms with Crippen molar-refractivity contribution in [2.24, 2.45) is 0 Å². The summed E-state index contributed by atoms with van der Waals surface area (Å²) < 4.78 is 12.2. The number of fused-ring (bicyclic) bond motifs is 4. The molecule has 0 radical (unpaired) electrons. The number of ether oxygens (including phenoxy) is 2. The molecule has 1 aromatic heterocycles. The first kappa shape index (κ1) is 21.9. The third-order valence-corrected chi connectivity index (χ3v) is 6.41. The quantitative estimate of drug-likeness (QED) is 0.277. The van der Waals surface area contributed by atoms with Gasteiger partial charge in [0.2, 0.25) is 17.1 Å². The van der Waals surface area contributed by atoms with Crippen molar-refractivity contribution < 1.29 is 19.1 Å². The zero-order chi connectivity index (χ0) is 23.3. The second-order valence-corrected chi connectivity index (χ2v) is 8.86. The maximum Gasteiger partial charge on any atom is 0.339 e. The van der Waals surface area contributed by atoms with E-state index in [1.54, 1.807) is 49.4 Å². The summed E-state index contributed by atoms with van der Waals surface area (Å²) in [5, 5.41) is 2.59. The van der Waals surface area contributed by atoms with Crippen molar-refractivity contribution in [1.82, 2.24) is 9.97 Å². The third-order valence-electron chi connectivity index (χ3n) is 5.47. The summed E-state index contributed by atoms with van der Waals surface area (Å²) in [6, 6.07) is 14.2. The fraction of sp³-hybridized carbons (Fsp3) is 0.130. The molecule has 7 nitrogen and oxygen atoms in total. The summed E-state index contributed by atoms with van der Waals surface area (Å²) in [7, 11) is 0. The number of hydrogen-bond acceptors (Lipinski definition) is 6. The number of carbonyl (C=O) groups is 2. The Labute approximate surface area is 206 Å². The lowest BCUT2D eigenvalue weighted by molar-refractivity contribution is -0.140. The number of hydrogen-bond donors (Lipinski definition) is 1. The Kier molecular flexibility index (Phi) is 5.39. The molecule has 5 rings (SSSR count). The zero-order valence-corrected chi connectivity index (χ0v) is 20.1. The van der Waals surface area contributed by atoms with E-state index < -0.39 is 17.3 Å². The fourth-order valence-corrected chi connectivity index (χ4v) is 5.10. The fourth-order valence-electron chi connectivity index (χ4n) is 4.23. The number of nitrogens with zero attached hydrogens (tertiary/aromatic N) is 2. The van der Waals surface area contributed by atoms with E-state index in [4.69, 9.17) is 32.7 Å². The largest absolute Gasteiger partial charge is 0.462 e. The van der Waals surface area contributed by atoms with E-state index in [0.29, 0.717) is 21.3 Å². The van der Waals surface area contributed by atoms with Gasteiger partial charge in [0.05, 0.1) is 12.2 Å². The van der Waals surface area contributed by atoms with E-state index in [1.807, 2.05) is 6.07 Å². The number of benzene rings is 2. The van der Waals surface area contributed by atoms with Gasteiger partial charge in [0, 0.05) is 21.3 Å². The molecule has 1 atom stereocenters. The molecular weight excluding hydrogens is 533 g/mol. The molecule has 3 heterocycles. The average Bonchev–Trinajstić information content (AvgIpc) is 3.05. The van der Waals surface area contributed by atoms with E-state index >= 15 is 0 Å². The molecule has 3 aromatic rings. The molecule has 1 N–H and O–H groups in total. The Balaban J connectivity index is 1.97. The van der Waals surface area contributed by atoms with Gasteiger partial charge in [-0.3, -0.25) is 4.79 Å². The van der Waals surface area contributed by atoms with Crippen LogP contribution in [0.25, 0.3) is 5.76 Å². The van der Waals surface area contributed by atoms with Crippen LogP contribution in [0, 0.1) is 0 Å². The Hall–Kier alpha value is -2.94. The molecule has 1 amide bonds. The minimum Gasteiger partial charge on any atom is -0.462 e. The maximum atomic E-state index is 13.8. The van der Waals surface area contributed by atoms with Gasteiger partial charge in [0.25, 0.3) is 0 Å². The first-order valence-corrected chi connectivity index (χ1v) is 11.4. The smallest absolute Gasteiger partial charge is 0.339 e. The van der Waals surface area contributed by atoms with Crippen molar-refractivity contribution in [1.29, 1.82) is 0 Å². The number of carbonyl (C=O) groups excluding carboxylic acids is 2. The number of nitrogens with one attached hydrogen (secondary N) is 1. The monoisotopic (exact) mass is 545 g/mol. The van der Waals surface area contributed by atoms with Crippen LogP contribution < -0.4 is 10.1 Å². The number of aromatic nitrogens is 2. The van der Waals surface area contributed by atoms with Crippen LogP contribution in [0.5, 0.6) is 5.88 Å². The molecule has 2 aromatic carbocycles. The summed E-state index contributed by atoms with van der Waals surface area (Å²) in [5.74, 6) is -1.13. The predicted molar refractivity (Wildman–Crippen MR) is 126 cm³/mol. The van der Waals surface area contributed by atoms with E-state index in [9.17, 15) is 9.59 Å². The number of amides is 1. The first-order chi connectivity index (χ1) is 15.9. The summed E-state index contributed by atoms with van der Waals surface area (Å²) in [5.41, 5.74) is -0.0956. The summed E-state index contributed by atoms with van der Waals surface area (Å²) >= 11 is 16.1.